The van der Waals surface area contributed by atoms with Gasteiger partial charge in [-0.15, -0.1) is 0 Å². The number of esters is 1. The van der Waals surface area contributed by atoms with Crippen LogP contribution in [0, 0.1) is 0 Å². The van der Waals surface area contributed by atoms with Crippen molar-refractivity contribution < 1.29 is 14.6 Å². The number of hydrogen-bond donors (Lipinski definition) is 2. The van der Waals surface area contributed by atoms with Gasteiger partial charge in [0.05, 0.1) is 17.9 Å². The van der Waals surface area contributed by atoms with E-state index in [1.165, 1.54) is 0 Å². The van der Waals surface area contributed by atoms with Gasteiger partial charge >= 0.3 is 5.97 Å². The molecule has 0 fully saturated rings. The first-order valence-electron chi connectivity index (χ1n) is 7.44. The standard InChI is InChI=1S/C18H23NO3/c1-12(11-20)19-16-14-8-6-5-7-13(14)9-10-15(16)17(21)22-18(2,3)4/h5-10,12,19-20H,11H2,1-4H3. The lowest BCUT2D eigenvalue weighted by molar-refractivity contribution is 0.00707. The van der Waals surface area contributed by atoms with Crippen molar-refractivity contribution in [1.82, 2.24) is 0 Å². The molecule has 2 aromatic carbocycles. The van der Waals surface area contributed by atoms with Crippen LogP contribution in [0.5, 0.6) is 0 Å². The molecule has 2 rings (SSSR count). The first-order valence-corrected chi connectivity index (χ1v) is 7.44. The molecule has 2 aromatic rings. The van der Waals surface area contributed by atoms with Crippen LogP contribution in [-0.2, 0) is 4.74 Å². The molecule has 0 spiro atoms. The Labute approximate surface area is 131 Å². The van der Waals surface area contributed by atoms with Gasteiger partial charge in [-0.25, -0.2) is 4.79 Å². The lowest BCUT2D eigenvalue weighted by Crippen LogP contribution is -2.26. The number of carbonyl (C=O) groups is 1. The van der Waals surface area contributed by atoms with Crippen LogP contribution in [0.4, 0.5) is 5.69 Å². The van der Waals surface area contributed by atoms with Crippen LogP contribution in [0.1, 0.15) is 38.1 Å². The molecule has 0 amide bonds. The fraction of sp³-hybridized carbons (Fsp3) is 0.389. The second-order valence-electron chi connectivity index (χ2n) is 6.44. The predicted molar refractivity (Wildman–Crippen MR) is 89.3 cm³/mol. The number of rotatable bonds is 4. The Bertz CT molecular complexity index is 674. The van der Waals surface area contributed by atoms with Crippen molar-refractivity contribution in [2.24, 2.45) is 0 Å². The van der Waals surface area contributed by atoms with Gasteiger partial charge in [-0.2, -0.15) is 0 Å². The third-order valence-corrected chi connectivity index (χ3v) is 3.21. The van der Waals surface area contributed by atoms with Crippen molar-refractivity contribution in [2.75, 3.05) is 11.9 Å². The van der Waals surface area contributed by atoms with Gasteiger partial charge in [0.15, 0.2) is 0 Å². The number of carbonyl (C=O) groups excluding carboxylic acids is 1. The Morgan fingerprint density at radius 3 is 2.55 bits per heavy atom. The lowest BCUT2D eigenvalue weighted by Gasteiger charge is -2.22. The summed E-state index contributed by atoms with van der Waals surface area (Å²) in [6.07, 6.45) is 0. The van der Waals surface area contributed by atoms with E-state index in [-0.39, 0.29) is 18.6 Å². The van der Waals surface area contributed by atoms with Gasteiger partial charge < -0.3 is 15.2 Å². The molecule has 4 heteroatoms. The van der Waals surface area contributed by atoms with Gasteiger partial charge in [0.1, 0.15) is 5.60 Å². The Kier molecular flexibility index (Phi) is 4.71. The molecule has 1 unspecified atom stereocenters. The summed E-state index contributed by atoms with van der Waals surface area (Å²) in [4.78, 5) is 12.5. The van der Waals surface area contributed by atoms with Crippen LogP contribution in [0.2, 0.25) is 0 Å². The minimum atomic E-state index is -0.553. The van der Waals surface area contributed by atoms with Crippen LogP contribution in [0.25, 0.3) is 10.8 Å². The quantitative estimate of drug-likeness (QED) is 0.847. The third kappa shape index (κ3) is 3.77. The summed E-state index contributed by atoms with van der Waals surface area (Å²) < 4.78 is 5.49. The van der Waals surface area contributed by atoms with E-state index in [1.54, 1.807) is 6.07 Å². The molecule has 0 saturated carbocycles. The monoisotopic (exact) mass is 301 g/mol. The number of anilines is 1. The molecule has 0 aliphatic rings. The summed E-state index contributed by atoms with van der Waals surface area (Å²) >= 11 is 0. The Hall–Kier alpha value is -2.07. The van der Waals surface area contributed by atoms with E-state index >= 15 is 0 Å². The maximum atomic E-state index is 12.5. The Balaban J connectivity index is 2.52. The molecule has 1 atom stereocenters. The van der Waals surface area contributed by atoms with Gasteiger partial charge in [-0.1, -0.05) is 30.3 Å². The highest BCUT2D eigenvalue weighted by molar-refractivity contribution is 6.06. The zero-order valence-corrected chi connectivity index (χ0v) is 13.5. The van der Waals surface area contributed by atoms with Crippen molar-refractivity contribution in [3.8, 4) is 0 Å². The van der Waals surface area contributed by atoms with E-state index < -0.39 is 5.60 Å². The lowest BCUT2D eigenvalue weighted by atomic mass is 10.0. The maximum absolute atomic E-state index is 12.5. The summed E-state index contributed by atoms with van der Waals surface area (Å²) in [7, 11) is 0. The zero-order chi connectivity index (χ0) is 16.3. The van der Waals surface area contributed by atoms with Crippen molar-refractivity contribution in [3.05, 3.63) is 42.0 Å². The second kappa shape index (κ2) is 6.36. The van der Waals surface area contributed by atoms with E-state index in [1.807, 2.05) is 58.0 Å². The fourth-order valence-electron chi connectivity index (χ4n) is 2.22. The van der Waals surface area contributed by atoms with Crippen LogP contribution < -0.4 is 5.32 Å². The molecule has 0 radical (unpaired) electrons. The van der Waals surface area contributed by atoms with E-state index in [4.69, 9.17) is 4.74 Å². The average Bonchev–Trinajstić information content (AvgIpc) is 2.45. The molecule has 2 N–H and O–H groups in total. The number of aliphatic hydroxyl groups is 1. The van der Waals surface area contributed by atoms with Crippen molar-refractivity contribution in [1.29, 1.82) is 0 Å². The summed E-state index contributed by atoms with van der Waals surface area (Å²) in [5.74, 6) is -0.370. The van der Waals surface area contributed by atoms with Gasteiger partial charge in [0.2, 0.25) is 0 Å². The van der Waals surface area contributed by atoms with E-state index in [0.29, 0.717) is 11.3 Å². The molecule has 0 aliphatic carbocycles. The minimum Gasteiger partial charge on any atom is -0.456 e. The Morgan fingerprint density at radius 1 is 1.23 bits per heavy atom. The largest absolute Gasteiger partial charge is 0.456 e. The van der Waals surface area contributed by atoms with Crippen molar-refractivity contribution in [3.63, 3.8) is 0 Å². The van der Waals surface area contributed by atoms with E-state index in [2.05, 4.69) is 5.32 Å². The van der Waals surface area contributed by atoms with E-state index in [0.717, 1.165) is 10.8 Å². The second-order valence-corrected chi connectivity index (χ2v) is 6.44. The summed E-state index contributed by atoms with van der Waals surface area (Å²) in [6, 6.07) is 11.3. The van der Waals surface area contributed by atoms with E-state index in [9.17, 15) is 9.90 Å². The fourth-order valence-corrected chi connectivity index (χ4v) is 2.22. The summed E-state index contributed by atoms with van der Waals surface area (Å²) in [5, 5.41) is 14.5. The van der Waals surface area contributed by atoms with Gasteiger partial charge in [-0.3, -0.25) is 0 Å². The first kappa shape index (κ1) is 16.3. The molecule has 0 aromatic heterocycles. The predicted octanol–water partition coefficient (Wildman–Crippen LogP) is 3.59. The normalized spacial score (nSPS) is 13.0. The Morgan fingerprint density at radius 2 is 1.91 bits per heavy atom. The number of benzene rings is 2. The van der Waals surface area contributed by atoms with Gasteiger partial charge in [0, 0.05) is 11.4 Å². The van der Waals surface area contributed by atoms with Gasteiger partial charge in [0.25, 0.3) is 0 Å². The molecule has 4 nitrogen and oxygen atoms in total. The van der Waals surface area contributed by atoms with Crippen LogP contribution in [0.15, 0.2) is 36.4 Å². The first-order chi connectivity index (χ1) is 10.3. The highest BCUT2D eigenvalue weighted by Gasteiger charge is 2.22. The van der Waals surface area contributed by atoms with Crippen LogP contribution in [0.3, 0.4) is 0 Å². The summed E-state index contributed by atoms with van der Waals surface area (Å²) in [5.41, 5.74) is 0.630. The molecule has 0 heterocycles. The molecule has 0 saturated heterocycles. The molecule has 0 aliphatic heterocycles. The van der Waals surface area contributed by atoms with Crippen LogP contribution >= 0.6 is 0 Å². The molecule has 0 bridgehead atoms. The number of fused-ring (bicyclic) bond motifs is 1. The minimum absolute atomic E-state index is 0.0169. The third-order valence-electron chi connectivity index (χ3n) is 3.21. The number of hydrogen-bond acceptors (Lipinski definition) is 4. The zero-order valence-electron chi connectivity index (χ0n) is 13.5. The number of aliphatic hydroxyl groups excluding tert-OH is 1. The van der Waals surface area contributed by atoms with Crippen molar-refractivity contribution >= 4 is 22.4 Å². The molecular formula is C18H23NO3. The number of ether oxygens (including phenoxy) is 1. The summed E-state index contributed by atoms with van der Waals surface area (Å²) in [6.45, 7) is 7.37. The highest BCUT2D eigenvalue weighted by Crippen LogP contribution is 2.29. The van der Waals surface area contributed by atoms with Crippen molar-refractivity contribution in [2.45, 2.75) is 39.3 Å². The smallest absolute Gasteiger partial charge is 0.340 e. The van der Waals surface area contributed by atoms with Crippen LogP contribution in [-0.4, -0.2) is 29.3 Å². The number of nitrogens with one attached hydrogen (secondary N) is 1. The highest BCUT2D eigenvalue weighted by atomic mass is 16.6. The molecule has 22 heavy (non-hydrogen) atoms. The van der Waals surface area contributed by atoms with Gasteiger partial charge in [-0.05, 0) is 39.1 Å². The molecular weight excluding hydrogens is 278 g/mol. The average molecular weight is 301 g/mol. The maximum Gasteiger partial charge on any atom is 0.340 e. The topological polar surface area (TPSA) is 58.6 Å². The molecule has 118 valence electrons. The SMILES string of the molecule is CC(CO)Nc1c(C(=O)OC(C)(C)C)ccc2ccccc12.